The number of Topliss-reactive ketones (excluding diaryl/α,β-unsaturated/α-hetero) is 1. The third-order valence-electron chi connectivity index (χ3n) is 8.81. The van der Waals surface area contributed by atoms with Crippen LogP contribution in [-0.2, 0) is 14.6 Å². The summed E-state index contributed by atoms with van der Waals surface area (Å²) in [5.74, 6) is 0.555. The molecule has 2 aromatic carbocycles. The van der Waals surface area contributed by atoms with Crippen LogP contribution in [-0.4, -0.2) is 40.7 Å². The van der Waals surface area contributed by atoms with Gasteiger partial charge in [-0.1, -0.05) is 71.9 Å². The molecule has 0 heterocycles. The third-order valence-corrected chi connectivity index (χ3v) is 19.5. The van der Waals surface area contributed by atoms with E-state index in [1.807, 2.05) is 25.1 Å². The molecule has 0 spiro atoms. The van der Waals surface area contributed by atoms with Crippen LogP contribution in [0.5, 0.6) is 11.5 Å². The van der Waals surface area contributed by atoms with E-state index >= 15 is 0 Å². The topological polar surface area (TPSA) is 106 Å². The van der Waals surface area contributed by atoms with Crippen LogP contribution in [0.3, 0.4) is 0 Å². The van der Waals surface area contributed by atoms with Gasteiger partial charge >= 0.3 is 5.04 Å². The lowest BCUT2D eigenvalue weighted by molar-refractivity contribution is -0.116. The van der Waals surface area contributed by atoms with E-state index in [1.165, 1.54) is 0 Å². The molecule has 0 aliphatic carbocycles. The molecule has 0 aliphatic rings. The van der Waals surface area contributed by atoms with Crippen molar-refractivity contribution in [1.82, 2.24) is 0 Å². The Bertz CT molecular complexity index is 1550. The Kier molecular flexibility index (Phi) is 10.7. The highest BCUT2D eigenvalue weighted by Gasteiger charge is 2.42. The standard InChI is InChI=1S/C33H50N2O5SSi2/c1-22-19-24(3)30(25(4)20-22)41(37,38)31(35-34)27(36)17-15-23(2)26-16-18-28(39-42(11,12)32(5,6)7)29(21-26)40-43(13,14)33(8,9)10/h16,18-21H,2,15,17H2,1,3-14H3. The van der Waals surface area contributed by atoms with Crippen LogP contribution in [0.15, 0.2) is 41.8 Å². The zero-order valence-electron chi connectivity index (χ0n) is 28.4. The summed E-state index contributed by atoms with van der Waals surface area (Å²) in [7, 11) is -8.73. The summed E-state index contributed by atoms with van der Waals surface area (Å²) in [6.07, 6.45) is -0.0245. The van der Waals surface area contributed by atoms with Gasteiger partial charge in [0.15, 0.2) is 0 Å². The molecule has 236 valence electrons. The van der Waals surface area contributed by atoms with E-state index in [0.717, 1.165) is 11.1 Å². The molecule has 7 nitrogen and oxygen atoms in total. The van der Waals surface area contributed by atoms with Crippen LogP contribution in [0.2, 0.25) is 36.3 Å². The molecule has 0 bridgehead atoms. The zero-order chi connectivity index (χ0) is 33.3. The molecule has 0 aromatic heterocycles. The van der Waals surface area contributed by atoms with Crippen molar-refractivity contribution in [3.05, 3.63) is 64.7 Å². The second-order valence-electron chi connectivity index (χ2n) is 14.5. The Morgan fingerprint density at radius 2 is 1.30 bits per heavy atom. The predicted octanol–water partition coefficient (Wildman–Crippen LogP) is 8.84. The number of hydrogen-bond acceptors (Lipinski definition) is 5. The highest BCUT2D eigenvalue weighted by Crippen LogP contribution is 2.44. The minimum Gasteiger partial charge on any atom is -0.541 e. The van der Waals surface area contributed by atoms with Gasteiger partial charge in [-0.05, 0) is 97.9 Å². The molecular formula is C33H50N2O5SSi2. The van der Waals surface area contributed by atoms with E-state index in [2.05, 4.69) is 79.1 Å². The number of allylic oxidation sites excluding steroid dienone is 1. The monoisotopic (exact) mass is 642 g/mol. The van der Waals surface area contributed by atoms with Gasteiger partial charge < -0.3 is 14.4 Å². The first-order chi connectivity index (χ1) is 19.4. The van der Waals surface area contributed by atoms with Gasteiger partial charge in [-0.2, -0.15) is 0 Å². The maximum atomic E-state index is 13.4. The summed E-state index contributed by atoms with van der Waals surface area (Å²) in [4.78, 5) is 16.1. The first kappa shape index (κ1) is 36.4. The Balaban J connectivity index is 2.40. The van der Waals surface area contributed by atoms with Gasteiger partial charge in [-0.25, -0.2) is 8.42 Å². The Morgan fingerprint density at radius 3 is 1.74 bits per heavy atom. The first-order valence-corrected chi connectivity index (χ1v) is 21.9. The summed E-state index contributed by atoms with van der Waals surface area (Å²) in [5.41, 5.74) is 12.9. The van der Waals surface area contributed by atoms with Crippen LogP contribution in [0.1, 0.15) is 76.6 Å². The number of carbonyl (C=O) groups is 1. The van der Waals surface area contributed by atoms with E-state index in [9.17, 15) is 18.7 Å². The van der Waals surface area contributed by atoms with Gasteiger partial charge in [0.05, 0.1) is 4.90 Å². The number of aryl methyl sites for hydroxylation is 3. The molecule has 0 radical (unpaired) electrons. The Hall–Kier alpha value is -2.79. The van der Waals surface area contributed by atoms with Crippen molar-refractivity contribution < 1.29 is 26.9 Å². The summed E-state index contributed by atoms with van der Waals surface area (Å²) in [6, 6.07) is 9.16. The van der Waals surface area contributed by atoms with E-state index in [-0.39, 0.29) is 27.8 Å². The number of benzene rings is 2. The van der Waals surface area contributed by atoms with Crippen molar-refractivity contribution in [2.45, 2.75) is 116 Å². The fourth-order valence-electron chi connectivity index (χ4n) is 4.21. The second kappa shape index (κ2) is 12.7. The van der Waals surface area contributed by atoms with Crippen LogP contribution in [0.4, 0.5) is 0 Å². The first-order valence-electron chi connectivity index (χ1n) is 14.6. The van der Waals surface area contributed by atoms with Crippen molar-refractivity contribution in [1.29, 1.82) is 0 Å². The van der Waals surface area contributed by atoms with Crippen LogP contribution in [0.25, 0.3) is 11.1 Å². The fraction of sp³-hybridized carbons (Fsp3) is 0.515. The molecule has 2 aromatic rings. The van der Waals surface area contributed by atoms with Crippen LogP contribution in [0, 0.1) is 20.8 Å². The van der Waals surface area contributed by atoms with Crippen molar-refractivity contribution in [2.75, 3.05) is 0 Å². The smallest absolute Gasteiger partial charge is 0.451 e. The number of rotatable bonds is 10. The summed E-state index contributed by atoms with van der Waals surface area (Å²) < 4.78 is 40.2. The van der Waals surface area contributed by atoms with Crippen LogP contribution < -0.4 is 8.85 Å². The highest BCUT2D eigenvalue weighted by atomic mass is 32.2. The van der Waals surface area contributed by atoms with E-state index in [0.29, 0.717) is 28.2 Å². The number of carbonyl (C=O) groups excluding carboxylic acids is 1. The highest BCUT2D eigenvalue weighted by molar-refractivity contribution is 8.08. The normalized spacial score (nSPS) is 12.9. The molecule has 43 heavy (non-hydrogen) atoms. The van der Waals surface area contributed by atoms with Gasteiger partial charge in [0.2, 0.25) is 0 Å². The molecule has 0 aliphatic heterocycles. The number of nitrogens with zero attached hydrogens (tertiary/aromatic N) is 2. The number of ketones is 1. The Labute approximate surface area is 261 Å². The van der Waals surface area contributed by atoms with Crippen molar-refractivity contribution in [3.63, 3.8) is 0 Å². The molecule has 0 fully saturated rings. The SMILES string of the molecule is C=C(CCC(=O)C(=[N+]=[N-])S(=O)(=O)c1c(C)cc(C)cc1C)c1ccc(O[Si](C)(C)C(C)(C)C)c(O[Si](C)(C)C(C)(C)C)c1. The van der Waals surface area contributed by atoms with Gasteiger partial charge in [0, 0.05) is 6.42 Å². The largest absolute Gasteiger partial charge is 0.541 e. The van der Waals surface area contributed by atoms with Crippen molar-refractivity contribution in [2.24, 2.45) is 0 Å². The van der Waals surface area contributed by atoms with E-state index in [1.54, 1.807) is 26.0 Å². The lowest BCUT2D eigenvalue weighted by Gasteiger charge is -2.39. The van der Waals surface area contributed by atoms with Gasteiger partial charge in [-0.15, -0.1) is 4.79 Å². The molecule has 0 amide bonds. The number of sulfone groups is 1. The lowest BCUT2D eigenvalue weighted by Crippen LogP contribution is -2.45. The molecule has 10 heteroatoms. The quantitative estimate of drug-likeness (QED) is 0.0846. The third kappa shape index (κ3) is 8.23. The molecule has 0 saturated carbocycles. The summed E-state index contributed by atoms with van der Waals surface area (Å²) in [5, 5.41) is -0.915. The lowest BCUT2D eigenvalue weighted by atomic mass is 10.0. The summed E-state index contributed by atoms with van der Waals surface area (Å²) in [6.45, 7) is 31.2. The van der Waals surface area contributed by atoms with Gasteiger partial charge in [0.1, 0.15) is 11.5 Å². The number of hydrogen-bond donors (Lipinski definition) is 0. The van der Waals surface area contributed by atoms with Crippen molar-refractivity contribution >= 4 is 42.9 Å². The summed E-state index contributed by atoms with van der Waals surface area (Å²) >= 11 is 0. The molecule has 0 unspecified atom stereocenters. The van der Waals surface area contributed by atoms with Crippen LogP contribution >= 0.6 is 0 Å². The van der Waals surface area contributed by atoms with E-state index < -0.39 is 37.3 Å². The Morgan fingerprint density at radius 1 is 0.837 bits per heavy atom. The molecule has 0 N–H and O–H groups in total. The molecule has 2 rings (SSSR count). The molecule has 0 atom stereocenters. The average Bonchev–Trinajstić information content (AvgIpc) is 2.81. The maximum Gasteiger partial charge on any atom is 0.451 e. The zero-order valence-corrected chi connectivity index (χ0v) is 31.2. The maximum absolute atomic E-state index is 13.4. The molecular weight excluding hydrogens is 593 g/mol. The van der Waals surface area contributed by atoms with Gasteiger partial charge in [-0.3, -0.25) is 4.79 Å². The second-order valence-corrected chi connectivity index (χ2v) is 25.8. The van der Waals surface area contributed by atoms with Gasteiger partial charge in [0.25, 0.3) is 32.3 Å². The average molecular weight is 643 g/mol. The predicted molar refractivity (Wildman–Crippen MR) is 182 cm³/mol. The minimum absolute atomic E-state index is 0.00810. The molecule has 0 saturated heterocycles. The fourth-order valence-corrected chi connectivity index (χ4v) is 7.92. The minimum atomic E-state index is -4.32. The van der Waals surface area contributed by atoms with E-state index in [4.69, 9.17) is 8.85 Å². The van der Waals surface area contributed by atoms with Crippen molar-refractivity contribution in [3.8, 4) is 11.5 Å².